The predicted molar refractivity (Wildman–Crippen MR) is 136 cm³/mol. The summed E-state index contributed by atoms with van der Waals surface area (Å²) in [6, 6.07) is 7.43. The van der Waals surface area contributed by atoms with Crippen molar-refractivity contribution in [3.8, 4) is 16.9 Å². The van der Waals surface area contributed by atoms with Gasteiger partial charge in [-0.05, 0) is 99.4 Å². The first kappa shape index (κ1) is 23.7. The van der Waals surface area contributed by atoms with Crippen molar-refractivity contribution in [3.63, 3.8) is 0 Å². The van der Waals surface area contributed by atoms with Crippen LogP contribution in [0.15, 0.2) is 36.7 Å². The molecular formula is C29H34FN3O2. The minimum atomic E-state index is -0.756. The lowest BCUT2D eigenvalue weighted by atomic mass is 9.90. The Kier molecular flexibility index (Phi) is 6.26. The van der Waals surface area contributed by atoms with Gasteiger partial charge in [0.05, 0.1) is 36.3 Å². The Morgan fingerprint density at radius 1 is 1.09 bits per heavy atom. The van der Waals surface area contributed by atoms with Gasteiger partial charge in [0.2, 0.25) is 0 Å². The molecule has 6 heteroatoms. The molecule has 5 nitrogen and oxygen atoms in total. The lowest BCUT2D eigenvalue weighted by Crippen LogP contribution is -2.21. The van der Waals surface area contributed by atoms with E-state index in [1.165, 1.54) is 12.8 Å². The Balaban J connectivity index is 1.39. The van der Waals surface area contributed by atoms with Crippen molar-refractivity contribution in [1.29, 1.82) is 0 Å². The second-order valence-electron chi connectivity index (χ2n) is 10.7. The number of hydrogen-bond acceptors (Lipinski definition) is 5. The van der Waals surface area contributed by atoms with Crippen LogP contribution in [-0.4, -0.2) is 27.3 Å². The Morgan fingerprint density at radius 2 is 1.83 bits per heavy atom. The molecule has 1 heterocycles. The summed E-state index contributed by atoms with van der Waals surface area (Å²) in [6.45, 7) is 8.16. The molecule has 1 fully saturated rings. The number of aryl methyl sites for hydroxylation is 2. The maximum Gasteiger partial charge on any atom is 0.144 e. The van der Waals surface area contributed by atoms with Crippen LogP contribution in [0.3, 0.4) is 0 Å². The zero-order valence-electron chi connectivity index (χ0n) is 21.0. The lowest BCUT2D eigenvalue weighted by Gasteiger charge is -2.20. The van der Waals surface area contributed by atoms with Crippen molar-refractivity contribution >= 4 is 5.82 Å². The average Bonchev–Trinajstić information content (AvgIpc) is 3.55. The number of aromatic nitrogens is 2. The third kappa shape index (κ3) is 5.18. The van der Waals surface area contributed by atoms with Crippen LogP contribution in [0.1, 0.15) is 79.4 Å². The second kappa shape index (κ2) is 9.23. The quantitative estimate of drug-likeness (QED) is 0.394. The van der Waals surface area contributed by atoms with Gasteiger partial charge in [-0.15, -0.1) is 0 Å². The van der Waals surface area contributed by atoms with Gasteiger partial charge in [0.25, 0.3) is 0 Å². The fourth-order valence-electron chi connectivity index (χ4n) is 5.13. The molecule has 1 aromatic heterocycles. The molecule has 35 heavy (non-hydrogen) atoms. The summed E-state index contributed by atoms with van der Waals surface area (Å²) >= 11 is 0. The first-order valence-electron chi connectivity index (χ1n) is 12.6. The van der Waals surface area contributed by atoms with Gasteiger partial charge >= 0.3 is 0 Å². The number of nitrogens with zero attached hydrogens (tertiary/aromatic N) is 2. The van der Waals surface area contributed by atoms with E-state index in [0.717, 1.165) is 57.7 Å². The average molecular weight is 476 g/mol. The molecule has 184 valence electrons. The van der Waals surface area contributed by atoms with E-state index in [9.17, 15) is 5.11 Å². The number of ether oxygens (including phenoxy) is 1. The molecule has 0 radical (unpaired) electrons. The molecule has 2 aromatic carbocycles. The minimum absolute atomic E-state index is 0.129. The van der Waals surface area contributed by atoms with Crippen LogP contribution in [0, 0.1) is 19.7 Å². The van der Waals surface area contributed by atoms with Crippen LogP contribution in [0.4, 0.5) is 10.2 Å². The van der Waals surface area contributed by atoms with E-state index in [0.29, 0.717) is 24.8 Å². The summed E-state index contributed by atoms with van der Waals surface area (Å²) in [5.74, 6) is 1.87. The number of nitrogens with one attached hydrogen (secondary N) is 1. The summed E-state index contributed by atoms with van der Waals surface area (Å²) in [4.78, 5) is 9.09. The van der Waals surface area contributed by atoms with Crippen LogP contribution >= 0.6 is 0 Å². The highest BCUT2D eigenvalue weighted by atomic mass is 19.1. The number of fused-ring (bicyclic) bond motifs is 1. The van der Waals surface area contributed by atoms with Gasteiger partial charge in [-0.2, -0.15) is 0 Å². The van der Waals surface area contributed by atoms with E-state index in [1.54, 1.807) is 26.1 Å². The summed E-state index contributed by atoms with van der Waals surface area (Å²) in [6.07, 6.45) is 8.18. The standard InChI is InChI=1S/C29H34FN3O2/c1-17-13-20(35-12-11-29(3,4)34)14-18(2)27(17)21-7-9-23(30)28-22(21)8-10-24(28)33-26-16-31-25(15-32-26)19-5-6-19/h7,9,13-16,19,24,34H,5-6,8,10-12H2,1-4H3,(H,32,33). The predicted octanol–water partition coefficient (Wildman–Crippen LogP) is 6.42. The van der Waals surface area contributed by atoms with E-state index in [1.807, 2.05) is 24.4 Å². The molecule has 0 bridgehead atoms. The van der Waals surface area contributed by atoms with Crippen LogP contribution < -0.4 is 10.1 Å². The highest BCUT2D eigenvalue weighted by molar-refractivity contribution is 5.76. The molecule has 5 rings (SSSR count). The van der Waals surface area contributed by atoms with Crippen molar-refractivity contribution in [2.24, 2.45) is 0 Å². The molecule has 1 atom stereocenters. The first-order chi connectivity index (χ1) is 16.7. The number of hydrogen-bond donors (Lipinski definition) is 2. The maximum absolute atomic E-state index is 15.1. The van der Waals surface area contributed by atoms with Crippen molar-refractivity contribution in [2.75, 3.05) is 11.9 Å². The summed E-state index contributed by atoms with van der Waals surface area (Å²) in [5.41, 5.74) is 6.49. The largest absolute Gasteiger partial charge is 0.493 e. The Morgan fingerprint density at radius 3 is 2.46 bits per heavy atom. The molecule has 1 unspecified atom stereocenters. The van der Waals surface area contributed by atoms with Crippen LogP contribution in [0.2, 0.25) is 0 Å². The van der Waals surface area contributed by atoms with Gasteiger partial charge in [-0.3, -0.25) is 4.98 Å². The third-order valence-electron chi connectivity index (χ3n) is 7.08. The Hall–Kier alpha value is -2.99. The van der Waals surface area contributed by atoms with Crippen molar-refractivity contribution < 1.29 is 14.2 Å². The number of halogens is 1. The molecular weight excluding hydrogens is 441 g/mol. The lowest BCUT2D eigenvalue weighted by molar-refractivity contribution is 0.0553. The number of aliphatic hydroxyl groups is 1. The molecule has 0 amide bonds. The van der Waals surface area contributed by atoms with E-state index in [2.05, 4.69) is 29.1 Å². The zero-order valence-corrected chi connectivity index (χ0v) is 21.0. The van der Waals surface area contributed by atoms with Gasteiger partial charge in [0.1, 0.15) is 17.4 Å². The molecule has 1 saturated carbocycles. The maximum atomic E-state index is 15.1. The van der Waals surface area contributed by atoms with Crippen molar-refractivity contribution in [2.45, 2.75) is 77.4 Å². The fraction of sp³-hybridized carbons (Fsp3) is 0.448. The van der Waals surface area contributed by atoms with Crippen molar-refractivity contribution in [1.82, 2.24) is 9.97 Å². The number of rotatable bonds is 8. The van der Waals surface area contributed by atoms with Crippen LogP contribution in [0.25, 0.3) is 11.1 Å². The first-order valence-corrected chi connectivity index (χ1v) is 12.6. The topological polar surface area (TPSA) is 67.3 Å². The Labute approximate surface area is 206 Å². The van der Waals surface area contributed by atoms with Gasteiger partial charge < -0.3 is 15.2 Å². The van der Waals surface area contributed by atoms with E-state index in [4.69, 9.17) is 4.74 Å². The highest BCUT2D eigenvalue weighted by Gasteiger charge is 2.30. The molecule has 0 spiro atoms. The SMILES string of the molecule is Cc1cc(OCCC(C)(C)O)cc(C)c1-c1ccc(F)c2c1CCC2Nc1cnc(C2CC2)cn1. The van der Waals surface area contributed by atoms with Crippen molar-refractivity contribution in [3.05, 3.63) is 70.4 Å². The summed E-state index contributed by atoms with van der Waals surface area (Å²) in [7, 11) is 0. The van der Waals surface area contributed by atoms with Gasteiger partial charge in [0, 0.05) is 17.9 Å². The zero-order chi connectivity index (χ0) is 24.7. The normalized spacial score (nSPS) is 17.4. The monoisotopic (exact) mass is 475 g/mol. The Bertz CT molecular complexity index is 1210. The highest BCUT2D eigenvalue weighted by Crippen LogP contribution is 2.43. The molecule has 2 aliphatic rings. The number of anilines is 1. The van der Waals surface area contributed by atoms with Gasteiger partial charge in [-0.1, -0.05) is 6.07 Å². The van der Waals surface area contributed by atoms with E-state index < -0.39 is 5.60 Å². The molecule has 3 aromatic rings. The van der Waals surface area contributed by atoms with Gasteiger partial charge in [-0.25, -0.2) is 9.37 Å². The fourth-order valence-corrected chi connectivity index (χ4v) is 5.13. The smallest absolute Gasteiger partial charge is 0.144 e. The second-order valence-corrected chi connectivity index (χ2v) is 10.7. The molecule has 0 saturated heterocycles. The van der Waals surface area contributed by atoms with Crippen LogP contribution in [0.5, 0.6) is 5.75 Å². The minimum Gasteiger partial charge on any atom is -0.493 e. The van der Waals surface area contributed by atoms with Crippen LogP contribution in [-0.2, 0) is 6.42 Å². The third-order valence-corrected chi connectivity index (χ3v) is 7.08. The van der Waals surface area contributed by atoms with E-state index in [-0.39, 0.29) is 11.9 Å². The van der Waals surface area contributed by atoms with Gasteiger partial charge in [0.15, 0.2) is 0 Å². The van der Waals surface area contributed by atoms with E-state index >= 15 is 4.39 Å². The summed E-state index contributed by atoms with van der Waals surface area (Å²) in [5, 5.41) is 13.4. The molecule has 2 N–H and O–H groups in total. The summed E-state index contributed by atoms with van der Waals surface area (Å²) < 4.78 is 21.0. The molecule has 0 aliphatic heterocycles. The molecule has 2 aliphatic carbocycles. The number of benzene rings is 2.